The second-order valence-corrected chi connectivity index (χ2v) is 7.64. The van der Waals surface area contributed by atoms with Crippen LogP contribution in [0.1, 0.15) is 109 Å². The standard InChI is InChI=1S/C24H44NO/c1-4-7-8-9-10-11-12-13-14-15-16-17-20-26-22-25-19-18-23(5-2)24(6-3)21-25/h18-19,21H,4-17,20,22H2,1-3H3/q+1. The zero-order valence-electron chi connectivity index (χ0n) is 17.9. The molecule has 0 saturated carbocycles. The highest BCUT2D eigenvalue weighted by atomic mass is 16.5. The first-order valence-electron chi connectivity index (χ1n) is 11.4. The molecule has 0 aromatic carbocycles. The molecule has 2 nitrogen and oxygen atoms in total. The van der Waals surface area contributed by atoms with Gasteiger partial charge in [0.05, 0.1) is 6.61 Å². The average Bonchev–Trinajstić information content (AvgIpc) is 2.68. The number of nitrogens with zero attached hydrogens (tertiary/aromatic N) is 1. The summed E-state index contributed by atoms with van der Waals surface area (Å²) in [6, 6.07) is 2.24. The predicted molar refractivity (Wildman–Crippen MR) is 112 cm³/mol. The van der Waals surface area contributed by atoms with Gasteiger partial charge in [-0.05, 0) is 24.8 Å². The Morgan fingerprint density at radius 2 is 1.23 bits per heavy atom. The molecule has 0 bridgehead atoms. The highest BCUT2D eigenvalue weighted by molar-refractivity contribution is 5.20. The van der Waals surface area contributed by atoms with E-state index in [4.69, 9.17) is 4.74 Å². The summed E-state index contributed by atoms with van der Waals surface area (Å²) >= 11 is 0. The zero-order valence-corrected chi connectivity index (χ0v) is 17.9. The molecule has 1 aromatic heterocycles. The molecule has 0 N–H and O–H groups in total. The lowest BCUT2D eigenvalue weighted by Crippen LogP contribution is -2.35. The molecule has 0 amide bonds. The van der Waals surface area contributed by atoms with Crippen LogP contribution in [0.25, 0.3) is 0 Å². The Bertz CT molecular complexity index is 444. The van der Waals surface area contributed by atoms with E-state index in [0.717, 1.165) is 19.4 Å². The topological polar surface area (TPSA) is 13.1 Å². The van der Waals surface area contributed by atoms with Crippen molar-refractivity contribution in [1.82, 2.24) is 0 Å². The molecule has 0 aliphatic heterocycles. The molecule has 0 aliphatic carbocycles. The Balaban J connectivity index is 1.92. The summed E-state index contributed by atoms with van der Waals surface area (Å²) in [6.07, 6.45) is 23.3. The fraction of sp³-hybridized carbons (Fsp3) is 0.792. The van der Waals surface area contributed by atoms with Crippen LogP contribution < -0.4 is 4.57 Å². The number of rotatable bonds is 17. The van der Waals surface area contributed by atoms with Gasteiger partial charge in [0.15, 0.2) is 12.4 Å². The molecule has 0 saturated heterocycles. The van der Waals surface area contributed by atoms with Crippen LogP contribution in [-0.4, -0.2) is 6.61 Å². The monoisotopic (exact) mass is 362 g/mol. The van der Waals surface area contributed by atoms with Crippen molar-refractivity contribution in [2.24, 2.45) is 0 Å². The quantitative estimate of drug-likeness (QED) is 0.220. The van der Waals surface area contributed by atoms with Crippen LogP contribution in [0, 0.1) is 0 Å². The number of ether oxygens (including phenoxy) is 1. The Morgan fingerprint density at radius 3 is 1.77 bits per heavy atom. The fourth-order valence-corrected chi connectivity index (χ4v) is 3.58. The SMILES string of the molecule is CCCCCCCCCCCCCCOC[n+]1ccc(CC)c(CC)c1. The first-order chi connectivity index (χ1) is 12.8. The van der Waals surface area contributed by atoms with E-state index >= 15 is 0 Å². The van der Waals surface area contributed by atoms with E-state index in [1.165, 1.54) is 88.2 Å². The second kappa shape index (κ2) is 16.3. The van der Waals surface area contributed by atoms with E-state index in [2.05, 4.69) is 43.8 Å². The number of aryl methyl sites for hydroxylation is 2. The highest BCUT2D eigenvalue weighted by Gasteiger charge is 2.06. The summed E-state index contributed by atoms with van der Waals surface area (Å²) < 4.78 is 8.03. The third kappa shape index (κ3) is 11.0. The third-order valence-electron chi connectivity index (χ3n) is 5.35. The average molecular weight is 363 g/mol. The molecular formula is C24H44NO+. The van der Waals surface area contributed by atoms with Gasteiger partial charge in [0.25, 0.3) is 6.73 Å². The lowest BCUT2D eigenvalue weighted by Gasteiger charge is -2.06. The molecule has 0 unspecified atom stereocenters. The summed E-state index contributed by atoms with van der Waals surface area (Å²) in [5, 5.41) is 0. The van der Waals surface area contributed by atoms with Crippen LogP contribution in [0.3, 0.4) is 0 Å². The summed E-state index contributed by atoms with van der Waals surface area (Å²) in [5.41, 5.74) is 2.91. The molecule has 2 heteroatoms. The molecule has 0 fully saturated rings. The van der Waals surface area contributed by atoms with Crippen molar-refractivity contribution >= 4 is 0 Å². The minimum Gasteiger partial charge on any atom is -0.323 e. The van der Waals surface area contributed by atoms with Gasteiger partial charge >= 0.3 is 0 Å². The van der Waals surface area contributed by atoms with Crippen molar-refractivity contribution in [3.63, 3.8) is 0 Å². The third-order valence-corrected chi connectivity index (χ3v) is 5.35. The largest absolute Gasteiger partial charge is 0.323 e. The van der Waals surface area contributed by atoms with Gasteiger partial charge in [-0.25, -0.2) is 0 Å². The molecule has 0 radical (unpaired) electrons. The van der Waals surface area contributed by atoms with Crippen molar-refractivity contribution in [2.45, 2.75) is 117 Å². The van der Waals surface area contributed by atoms with Gasteiger partial charge in [-0.3, -0.25) is 0 Å². The fourth-order valence-electron chi connectivity index (χ4n) is 3.58. The smallest absolute Gasteiger partial charge is 0.252 e. The molecule has 0 atom stereocenters. The molecule has 0 spiro atoms. The predicted octanol–water partition coefficient (Wildman–Crippen LogP) is 6.77. The normalized spacial score (nSPS) is 11.2. The van der Waals surface area contributed by atoms with Crippen molar-refractivity contribution in [3.8, 4) is 0 Å². The van der Waals surface area contributed by atoms with E-state index < -0.39 is 0 Å². The van der Waals surface area contributed by atoms with Crippen molar-refractivity contribution in [1.29, 1.82) is 0 Å². The highest BCUT2D eigenvalue weighted by Crippen LogP contribution is 2.12. The second-order valence-electron chi connectivity index (χ2n) is 7.64. The maximum absolute atomic E-state index is 5.85. The zero-order chi connectivity index (χ0) is 18.9. The van der Waals surface area contributed by atoms with E-state index in [1.807, 2.05) is 0 Å². The van der Waals surface area contributed by atoms with Crippen molar-refractivity contribution < 1.29 is 9.30 Å². The van der Waals surface area contributed by atoms with Crippen LogP contribution in [-0.2, 0) is 24.3 Å². The number of hydrogen-bond acceptors (Lipinski definition) is 1. The van der Waals surface area contributed by atoms with Gasteiger partial charge in [-0.1, -0.05) is 91.4 Å². The lowest BCUT2D eigenvalue weighted by molar-refractivity contribution is -0.733. The van der Waals surface area contributed by atoms with E-state index in [0.29, 0.717) is 6.73 Å². The van der Waals surface area contributed by atoms with Crippen LogP contribution in [0.5, 0.6) is 0 Å². The molecular weight excluding hydrogens is 318 g/mol. The maximum atomic E-state index is 5.85. The summed E-state index contributed by atoms with van der Waals surface area (Å²) in [6.45, 7) is 8.32. The minimum atomic E-state index is 0.690. The Hall–Kier alpha value is -0.890. The van der Waals surface area contributed by atoms with Gasteiger partial charge in [-0.2, -0.15) is 4.57 Å². The van der Waals surface area contributed by atoms with Gasteiger partial charge in [0.1, 0.15) is 0 Å². The van der Waals surface area contributed by atoms with Crippen molar-refractivity contribution in [3.05, 3.63) is 29.6 Å². The number of pyridine rings is 1. The van der Waals surface area contributed by atoms with Crippen LogP contribution in [0.2, 0.25) is 0 Å². The van der Waals surface area contributed by atoms with Gasteiger partial charge in [0, 0.05) is 11.6 Å². The Kier molecular flexibility index (Phi) is 14.5. The maximum Gasteiger partial charge on any atom is 0.252 e. The molecule has 1 aromatic rings. The van der Waals surface area contributed by atoms with E-state index in [-0.39, 0.29) is 0 Å². The molecule has 26 heavy (non-hydrogen) atoms. The first kappa shape index (κ1) is 23.1. The number of aromatic nitrogens is 1. The van der Waals surface area contributed by atoms with E-state index in [9.17, 15) is 0 Å². The molecule has 1 heterocycles. The molecule has 0 aliphatic rings. The van der Waals surface area contributed by atoms with Crippen LogP contribution in [0.15, 0.2) is 18.5 Å². The van der Waals surface area contributed by atoms with E-state index in [1.54, 1.807) is 0 Å². The summed E-state index contributed by atoms with van der Waals surface area (Å²) in [5.74, 6) is 0. The molecule has 150 valence electrons. The summed E-state index contributed by atoms with van der Waals surface area (Å²) in [4.78, 5) is 0. The minimum absolute atomic E-state index is 0.690. The Morgan fingerprint density at radius 1 is 0.692 bits per heavy atom. The molecule has 1 rings (SSSR count). The summed E-state index contributed by atoms with van der Waals surface area (Å²) in [7, 11) is 0. The van der Waals surface area contributed by atoms with Crippen molar-refractivity contribution in [2.75, 3.05) is 6.61 Å². The Labute approximate surface area is 163 Å². The number of hydrogen-bond donors (Lipinski definition) is 0. The first-order valence-corrected chi connectivity index (χ1v) is 11.4. The number of unbranched alkanes of at least 4 members (excludes halogenated alkanes) is 11. The van der Waals surface area contributed by atoms with Crippen LogP contribution >= 0.6 is 0 Å². The van der Waals surface area contributed by atoms with Gasteiger partial charge in [-0.15, -0.1) is 0 Å². The van der Waals surface area contributed by atoms with Gasteiger partial charge in [0.2, 0.25) is 0 Å². The van der Waals surface area contributed by atoms with Gasteiger partial charge < -0.3 is 4.74 Å². The lowest BCUT2D eigenvalue weighted by atomic mass is 10.1. The van der Waals surface area contributed by atoms with Crippen LogP contribution in [0.4, 0.5) is 0 Å².